The highest BCUT2D eigenvalue weighted by Crippen LogP contribution is 2.41. The number of urea groups is 1. The van der Waals surface area contributed by atoms with Gasteiger partial charge in [-0.3, -0.25) is 4.79 Å². The van der Waals surface area contributed by atoms with E-state index in [1.54, 1.807) is 11.8 Å². The molecule has 0 bridgehead atoms. The van der Waals surface area contributed by atoms with Gasteiger partial charge in [-0.05, 0) is 67.3 Å². The van der Waals surface area contributed by atoms with Gasteiger partial charge >= 0.3 is 18.4 Å². The molecule has 12 heteroatoms. The fourth-order valence-corrected chi connectivity index (χ4v) is 5.31. The average molecular weight is 545 g/mol. The Morgan fingerprint density at radius 3 is 2.16 bits per heavy atom. The van der Waals surface area contributed by atoms with E-state index < -0.39 is 53.5 Å². The lowest BCUT2D eigenvalue weighted by atomic mass is 9.90. The van der Waals surface area contributed by atoms with Crippen molar-refractivity contribution in [3.63, 3.8) is 0 Å². The van der Waals surface area contributed by atoms with Crippen molar-refractivity contribution in [3.8, 4) is 0 Å². The molecular formula is C26H26F7N3O2. The molecule has 0 N–H and O–H groups in total. The van der Waals surface area contributed by atoms with Crippen molar-refractivity contribution in [1.82, 2.24) is 14.7 Å². The molecule has 2 heterocycles. The number of benzene rings is 2. The van der Waals surface area contributed by atoms with Crippen LogP contribution in [0.3, 0.4) is 0 Å². The fourth-order valence-electron chi connectivity index (χ4n) is 5.31. The normalized spacial score (nSPS) is 20.9. The van der Waals surface area contributed by atoms with E-state index in [4.69, 9.17) is 0 Å². The van der Waals surface area contributed by atoms with Gasteiger partial charge in [-0.15, -0.1) is 0 Å². The summed E-state index contributed by atoms with van der Waals surface area (Å²) in [6, 6.07) is 2.52. The van der Waals surface area contributed by atoms with Gasteiger partial charge in [0, 0.05) is 26.6 Å². The number of carbonyl (C=O) groups excluding carboxylic acids is 2. The summed E-state index contributed by atoms with van der Waals surface area (Å²) in [7, 11) is 1.31. The number of rotatable bonds is 3. The minimum Gasteiger partial charge on any atom is -0.335 e. The predicted molar refractivity (Wildman–Crippen MR) is 123 cm³/mol. The molecule has 2 aromatic rings. The third-order valence-corrected chi connectivity index (χ3v) is 7.43. The van der Waals surface area contributed by atoms with Crippen LogP contribution >= 0.6 is 0 Å². The topological polar surface area (TPSA) is 43.9 Å². The van der Waals surface area contributed by atoms with Crippen LogP contribution in [0.1, 0.15) is 59.7 Å². The molecule has 3 atom stereocenters. The van der Waals surface area contributed by atoms with Crippen molar-refractivity contribution in [3.05, 3.63) is 70.0 Å². The SMILES string of the molecule is Cc1cc(F)ccc1C1C2CCC(=O)N2CCN1C(=O)N(C)C(C)c1cc(C(F)(F)F)cc(C(F)(F)F)c1. The Morgan fingerprint density at radius 1 is 1.00 bits per heavy atom. The standard InChI is InChI=1S/C26H26F7N3O2/c1-14-10-19(27)4-5-20(14)23-21-6-7-22(37)35(21)8-9-36(23)24(38)34(3)15(2)16-11-17(25(28,29)30)13-18(12-16)26(31,32)33/h4-5,10-13,15,21,23H,6-9H2,1-3H3. The molecular weight excluding hydrogens is 519 g/mol. The fraction of sp³-hybridized carbons (Fsp3) is 0.462. The van der Waals surface area contributed by atoms with Crippen LogP contribution in [0.25, 0.3) is 0 Å². The highest BCUT2D eigenvalue weighted by atomic mass is 19.4. The zero-order chi connectivity index (χ0) is 28.2. The van der Waals surface area contributed by atoms with Crippen LogP contribution in [-0.4, -0.2) is 52.8 Å². The van der Waals surface area contributed by atoms with Gasteiger partial charge in [0.25, 0.3) is 0 Å². The van der Waals surface area contributed by atoms with E-state index in [0.29, 0.717) is 29.7 Å². The van der Waals surface area contributed by atoms with Gasteiger partial charge in [0.2, 0.25) is 5.91 Å². The maximum atomic E-state index is 13.8. The largest absolute Gasteiger partial charge is 0.416 e. The summed E-state index contributed by atoms with van der Waals surface area (Å²) in [6.07, 6.45) is -9.31. The molecule has 3 amide bonds. The molecule has 0 aliphatic carbocycles. The van der Waals surface area contributed by atoms with E-state index in [1.165, 1.54) is 37.1 Å². The Kier molecular flexibility index (Phi) is 7.13. The van der Waals surface area contributed by atoms with Gasteiger partial charge in [0.05, 0.1) is 29.3 Å². The third-order valence-electron chi connectivity index (χ3n) is 7.43. The second-order valence-electron chi connectivity index (χ2n) is 9.74. The van der Waals surface area contributed by atoms with Crippen LogP contribution in [0.2, 0.25) is 0 Å². The number of amides is 3. The van der Waals surface area contributed by atoms with Gasteiger partial charge < -0.3 is 14.7 Å². The molecule has 0 saturated carbocycles. The number of nitrogens with zero attached hydrogens (tertiary/aromatic N) is 3. The number of fused-ring (bicyclic) bond motifs is 1. The second-order valence-corrected chi connectivity index (χ2v) is 9.74. The molecule has 2 aliphatic heterocycles. The Balaban J connectivity index is 1.70. The highest BCUT2D eigenvalue weighted by Gasteiger charge is 2.46. The summed E-state index contributed by atoms with van der Waals surface area (Å²) in [5, 5.41) is 0. The lowest BCUT2D eigenvalue weighted by Crippen LogP contribution is -2.57. The van der Waals surface area contributed by atoms with Crippen molar-refractivity contribution < 1.29 is 40.3 Å². The summed E-state index contributed by atoms with van der Waals surface area (Å²) in [4.78, 5) is 30.4. The van der Waals surface area contributed by atoms with E-state index in [-0.39, 0.29) is 37.0 Å². The monoisotopic (exact) mass is 545 g/mol. The first kappa shape index (κ1) is 27.7. The van der Waals surface area contributed by atoms with Crippen LogP contribution in [0.4, 0.5) is 35.5 Å². The molecule has 0 radical (unpaired) electrons. The van der Waals surface area contributed by atoms with Crippen molar-refractivity contribution in [2.75, 3.05) is 20.1 Å². The first-order chi connectivity index (χ1) is 17.6. The van der Waals surface area contributed by atoms with Crippen molar-refractivity contribution >= 4 is 11.9 Å². The van der Waals surface area contributed by atoms with Gasteiger partial charge in [-0.1, -0.05) is 6.07 Å². The quantitative estimate of drug-likeness (QED) is 0.423. The summed E-state index contributed by atoms with van der Waals surface area (Å²) >= 11 is 0. The van der Waals surface area contributed by atoms with E-state index in [2.05, 4.69) is 0 Å². The molecule has 0 aromatic heterocycles. The minimum atomic E-state index is -5.02. The predicted octanol–water partition coefficient (Wildman–Crippen LogP) is 6.33. The first-order valence-corrected chi connectivity index (χ1v) is 12.0. The van der Waals surface area contributed by atoms with E-state index >= 15 is 0 Å². The Hall–Kier alpha value is -3.31. The lowest BCUT2D eigenvalue weighted by molar-refractivity contribution is -0.143. The Bertz CT molecular complexity index is 1210. The van der Waals surface area contributed by atoms with Crippen molar-refractivity contribution in [2.45, 2.75) is 57.2 Å². The third kappa shape index (κ3) is 5.17. The summed E-state index contributed by atoms with van der Waals surface area (Å²) in [5.41, 5.74) is -2.09. The van der Waals surface area contributed by atoms with Gasteiger partial charge in [-0.25, -0.2) is 9.18 Å². The second kappa shape index (κ2) is 9.77. The maximum Gasteiger partial charge on any atom is 0.416 e. The summed E-state index contributed by atoms with van der Waals surface area (Å²) in [5.74, 6) is -0.549. The van der Waals surface area contributed by atoms with E-state index in [0.717, 1.165) is 4.90 Å². The highest BCUT2D eigenvalue weighted by molar-refractivity contribution is 5.81. The van der Waals surface area contributed by atoms with Crippen LogP contribution in [0.5, 0.6) is 0 Å². The maximum absolute atomic E-state index is 13.8. The van der Waals surface area contributed by atoms with Crippen LogP contribution < -0.4 is 0 Å². The van der Waals surface area contributed by atoms with E-state index in [1.807, 2.05) is 0 Å². The smallest absolute Gasteiger partial charge is 0.335 e. The zero-order valence-electron chi connectivity index (χ0n) is 20.8. The van der Waals surface area contributed by atoms with Crippen LogP contribution in [0, 0.1) is 12.7 Å². The number of piperazine rings is 1. The number of aryl methyl sites for hydroxylation is 1. The van der Waals surface area contributed by atoms with Crippen molar-refractivity contribution in [2.24, 2.45) is 0 Å². The minimum absolute atomic E-state index is 0.0434. The first-order valence-electron chi connectivity index (χ1n) is 12.0. The molecule has 2 aliphatic rings. The number of halogens is 7. The molecule has 2 fully saturated rings. The molecule has 38 heavy (non-hydrogen) atoms. The zero-order valence-corrected chi connectivity index (χ0v) is 20.8. The molecule has 0 spiro atoms. The number of alkyl halides is 6. The van der Waals surface area contributed by atoms with Crippen molar-refractivity contribution in [1.29, 1.82) is 0 Å². The van der Waals surface area contributed by atoms with Gasteiger partial charge in [0.1, 0.15) is 5.82 Å². The van der Waals surface area contributed by atoms with Crippen LogP contribution in [-0.2, 0) is 17.1 Å². The molecule has 2 saturated heterocycles. The Morgan fingerprint density at radius 2 is 1.61 bits per heavy atom. The average Bonchev–Trinajstić information content (AvgIpc) is 3.21. The molecule has 3 unspecified atom stereocenters. The molecule has 206 valence electrons. The van der Waals surface area contributed by atoms with E-state index in [9.17, 15) is 40.3 Å². The van der Waals surface area contributed by atoms with Gasteiger partial charge in [0.15, 0.2) is 0 Å². The summed E-state index contributed by atoms with van der Waals surface area (Å²) < 4.78 is 94.2. The lowest BCUT2D eigenvalue weighted by Gasteiger charge is -2.47. The van der Waals surface area contributed by atoms with Gasteiger partial charge in [-0.2, -0.15) is 26.3 Å². The summed E-state index contributed by atoms with van der Waals surface area (Å²) in [6.45, 7) is 3.34. The number of hydrogen-bond acceptors (Lipinski definition) is 2. The Labute approximate surface area is 214 Å². The van der Waals surface area contributed by atoms with Crippen LogP contribution in [0.15, 0.2) is 36.4 Å². The molecule has 2 aromatic carbocycles. The number of hydrogen-bond donors (Lipinski definition) is 0. The number of carbonyl (C=O) groups is 2. The molecule has 5 nitrogen and oxygen atoms in total. The molecule has 4 rings (SSSR count).